The number of halogens is 2. The molecule has 0 saturated carbocycles. The van der Waals surface area contributed by atoms with E-state index >= 15 is 0 Å². The van der Waals surface area contributed by atoms with E-state index in [9.17, 15) is 14.4 Å². The second-order valence-corrected chi connectivity index (χ2v) is 6.71. The second-order valence-electron chi connectivity index (χ2n) is 4.90. The van der Waals surface area contributed by atoms with Crippen molar-refractivity contribution in [3.63, 3.8) is 0 Å². The molecule has 1 heterocycles. The minimum atomic E-state index is -0.428. The van der Waals surface area contributed by atoms with Crippen LogP contribution in [0.25, 0.3) is 6.08 Å². The summed E-state index contributed by atoms with van der Waals surface area (Å²) in [5, 5.41) is 0.203. The lowest BCUT2D eigenvalue weighted by molar-refractivity contribution is -0.113. The number of hydrogen-bond acceptors (Lipinski definition) is 4. The van der Waals surface area contributed by atoms with Gasteiger partial charge in [-0.25, -0.2) is 4.90 Å². The van der Waals surface area contributed by atoms with Crippen molar-refractivity contribution in [3.05, 3.63) is 68.5 Å². The van der Waals surface area contributed by atoms with Crippen molar-refractivity contribution in [1.82, 2.24) is 0 Å². The minimum absolute atomic E-state index is 0.265. The molecule has 0 radical (unpaired) electrons. The number of rotatable bonds is 3. The van der Waals surface area contributed by atoms with Crippen LogP contribution in [0.4, 0.5) is 10.5 Å². The highest BCUT2D eigenvalue weighted by Crippen LogP contribution is 2.37. The molecule has 24 heavy (non-hydrogen) atoms. The number of benzene rings is 2. The maximum atomic E-state index is 12.5. The van der Waals surface area contributed by atoms with E-state index in [-0.39, 0.29) is 5.02 Å². The van der Waals surface area contributed by atoms with Gasteiger partial charge in [-0.05, 0) is 41.6 Å². The molecule has 3 rings (SSSR count). The van der Waals surface area contributed by atoms with Gasteiger partial charge in [0.05, 0.1) is 20.6 Å². The summed E-state index contributed by atoms with van der Waals surface area (Å²) in [6.07, 6.45) is 2.35. The zero-order chi connectivity index (χ0) is 17.3. The molecule has 1 saturated heterocycles. The summed E-state index contributed by atoms with van der Waals surface area (Å²) in [6, 6.07) is 11.3. The molecule has 7 heteroatoms. The Labute approximate surface area is 152 Å². The van der Waals surface area contributed by atoms with E-state index in [4.69, 9.17) is 23.2 Å². The lowest BCUT2D eigenvalue weighted by atomic mass is 10.1. The van der Waals surface area contributed by atoms with Crippen LogP contribution in [0.15, 0.2) is 47.4 Å². The number of anilines is 1. The first kappa shape index (κ1) is 16.8. The van der Waals surface area contributed by atoms with Gasteiger partial charge in [-0.2, -0.15) is 0 Å². The highest BCUT2D eigenvalue weighted by Gasteiger charge is 2.36. The lowest BCUT2D eigenvalue weighted by Crippen LogP contribution is -2.27. The molecule has 1 aliphatic heterocycles. The van der Waals surface area contributed by atoms with E-state index in [1.807, 2.05) is 0 Å². The molecule has 4 nitrogen and oxygen atoms in total. The van der Waals surface area contributed by atoms with Crippen LogP contribution >= 0.6 is 35.0 Å². The van der Waals surface area contributed by atoms with Crippen molar-refractivity contribution in [1.29, 1.82) is 0 Å². The van der Waals surface area contributed by atoms with Gasteiger partial charge in [0, 0.05) is 5.56 Å². The van der Waals surface area contributed by atoms with Crippen LogP contribution in [-0.2, 0) is 4.79 Å². The number of amides is 2. The second kappa shape index (κ2) is 6.81. The van der Waals surface area contributed by atoms with Crippen LogP contribution in [0.1, 0.15) is 15.9 Å². The van der Waals surface area contributed by atoms with Crippen LogP contribution in [0.3, 0.4) is 0 Å². The van der Waals surface area contributed by atoms with Crippen LogP contribution < -0.4 is 4.90 Å². The van der Waals surface area contributed by atoms with Crippen LogP contribution in [0.2, 0.25) is 10.0 Å². The molecule has 2 aromatic rings. The van der Waals surface area contributed by atoms with E-state index in [2.05, 4.69) is 0 Å². The molecule has 0 atom stereocenters. The molecule has 0 unspecified atom stereocenters. The van der Waals surface area contributed by atoms with Crippen LogP contribution in [-0.4, -0.2) is 17.4 Å². The van der Waals surface area contributed by atoms with E-state index in [0.29, 0.717) is 21.2 Å². The van der Waals surface area contributed by atoms with Gasteiger partial charge in [-0.3, -0.25) is 14.4 Å². The fraction of sp³-hybridized carbons (Fsp3) is 0. The molecule has 0 bridgehead atoms. The lowest BCUT2D eigenvalue weighted by Gasteiger charge is -2.13. The Morgan fingerprint density at radius 3 is 2.21 bits per heavy atom. The molecule has 0 aromatic heterocycles. The predicted molar refractivity (Wildman–Crippen MR) is 96.7 cm³/mol. The molecule has 0 spiro atoms. The van der Waals surface area contributed by atoms with Crippen molar-refractivity contribution in [2.75, 3.05) is 4.90 Å². The third-order valence-corrected chi connectivity index (χ3v) is 4.93. The van der Waals surface area contributed by atoms with Gasteiger partial charge in [0.15, 0.2) is 0 Å². The Hall–Kier alpha value is -2.08. The summed E-state index contributed by atoms with van der Waals surface area (Å²) in [5.41, 5.74) is 1.63. The zero-order valence-corrected chi connectivity index (χ0v) is 14.4. The average Bonchev–Trinajstić information content (AvgIpc) is 2.85. The fourth-order valence-corrected chi connectivity index (χ4v) is 3.27. The van der Waals surface area contributed by atoms with Crippen LogP contribution in [0, 0.1) is 0 Å². The topological polar surface area (TPSA) is 54.5 Å². The molecule has 1 aliphatic rings. The number of carbonyl (C=O) groups is 3. The third kappa shape index (κ3) is 3.24. The van der Waals surface area contributed by atoms with E-state index in [1.165, 1.54) is 12.1 Å². The van der Waals surface area contributed by atoms with Gasteiger partial charge in [-0.15, -0.1) is 0 Å². The molecule has 1 fully saturated rings. The maximum Gasteiger partial charge on any atom is 0.298 e. The number of aldehydes is 1. The number of thioether (sulfide) groups is 1. The highest BCUT2D eigenvalue weighted by atomic mass is 35.5. The fourth-order valence-electron chi connectivity index (χ4n) is 2.14. The number of nitrogens with zero attached hydrogens (tertiary/aromatic N) is 1. The number of imide groups is 1. The molecular weight excluding hydrogens is 369 g/mol. The highest BCUT2D eigenvalue weighted by molar-refractivity contribution is 8.19. The Kier molecular flexibility index (Phi) is 4.76. The van der Waals surface area contributed by atoms with Gasteiger partial charge >= 0.3 is 0 Å². The van der Waals surface area contributed by atoms with Gasteiger partial charge in [0.2, 0.25) is 0 Å². The first-order valence-corrected chi connectivity index (χ1v) is 8.35. The van der Waals surface area contributed by atoms with Crippen molar-refractivity contribution < 1.29 is 14.4 Å². The summed E-state index contributed by atoms with van der Waals surface area (Å²) in [5.74, 6) is -0.428. The first-order valence-electron chi connectivity index (χ1n) is 6.78. The molecule has 0 N–H and O–H groups in total. The minimum Gasteiger partial charge on any atom is -0.298 e. The monoisotopic (exact) mass is 377 g/mol. The molecule has 0 aliphatic carbocycles. The molecule has 120 valence electrons. The standard InChI is InChI=1S/C17H9Cl2NO3S/c18-13-6-5-12(8-14(13)19)20-16(22)15(24-17(20)23)7-10-1-3-11(9-21)4-2-10/h1-9H/b15-7-. The van der Waals surface area contributed by atoms with Gasteiger partial charge < -0.3 is 0 Å². The van der Waals surface area contributed by atoms with Crippen LogP contribution in [0.5, 0.6) is 0 Å². The molecule has 2 aromatic carbocycles. The van der Waals surface area contributed by atoms with E-state index in [0.717, 1.165) is 28.5 Å². The smallest absolute Gasteiger partial charge is 0.298 e. The largest absolute Gasteiger partial charge is 0.298 e. The van der Waals surface area contributed by atoms with E-state index in [1.54, 1.807) is 36.4 Å². The average molecular weight is 378 g/mol. The molecular formula is C17H9Cl2NO3S. The Balaban J connectivity index is 1.91. The summed E-state index contributed by atoms with van der Waals surface area (Å²) in [6.45, 7) is 0. The van der Waals surface area contributed by atoms with Gasteiger partial charge in [0.25, 0.3) is 11.1 Å². The zero-order valence-electron chi connectivity index (χ0n) is 12.0. The first-order chi connectivity index (χ1) is 11.5. The number of carbonyl (C=O) groups excluding carboxylic acids is 3. The van der Waals surface area contributed by atoms with Crippen molar-refractivity contribution >= 4 is 64.2 Å². The van der Waals surface area contributed by atoms with Crippen molar-refractivity contribution in [3.8, 4) is 0 Å². The Morgan fingerprint density at radius 2 is 1.58 bits per heavy atom. The predicted octanol–water partition coefficient (Wildman–Crippen LogP) is 5.05. The summed E-state index contributed by atoms with van der Waals surface area (Å²) in [4.78, 5) is 36.7. The summed E-state index contributed by atoms with van der Waals surface area (Å²) < 4.78 is 0. The van der Waals surface area contributed by atoms with Crippen molar-refractivity contribution in [2.24, 2.45) is 0 Å². The maximum absolute atomic E-state index is 12.5. The number of hydrogen-bond donors (Lipinski definition) is 0. The van der Waals surface area contributed by atoms with Gasteiger partial charge in [0.1, 0.15) is 6.29 Å². The SMILES string of the molecule is O=Cc1ccc(/C=C2\SC(=O)N(c3ccc(Cl)c(Cl)c3)C2=O)cc1. The normalized spacial score (nSPS) is 16.1. The Morgan fingerprint density at radius 1 is 0.917 bits per heavy atom. The summed E-state index contributed by atoms with van der Waals surface area (Å²) >= 11 is 12.7. The Bertz CT molecular complexity index is 878. The van der Waals surface area contributed by atoms with E-state index < -0.39 is 11.1 Å². The molecule has 2 amide bonds. The quantitative estimate of drug-likeness (QED) is 0.554. The third-order valence-electron chi connectivity index (χ3n) is 3.33. The van der Waals surface area contributed by atoms with Gasteiger partial charge in [-0.1, -0.05) is 47.5 Å². The summed E-state index contributed by atoms with van der Waals surface area (Å²) in [7, 11) is 0. The van der Waals surface area contributed by atoms with Crippen molar-refractivity contribution in [2.45, 2.75) is 0 Å².